The van der Waals surface area contributed by atoms with Crippen molar-refractivity contribution in [3.8, 4) is 33.2 Å². The average molecular weight is 547 g/mol. The molecule has 0 saturated carbocycles. The van der Waals surface area contributed by atoms with E-state index in [0.29, 0.717) is 0 Å². The number of rotatable bonds is 4. The molecule has 0 atom stereocenters. The molecular weight excluding hydrogens is 524 g/mol. The van der Waals surface area contributed by atoms with Crippen molar-refractivity contribution in [1.82, 2.24) is 4.98 Å². The summed E-state index contributed by atoms with van der Waals surface area (Å²) in [6.07, 6.45) is 1.22. The fourth-order valence-electron chi connectivity index (χ4n) is 5.03. The summed E-state index contributed by atoms with van der Waals surface area (Å²) in [5.41, 5.74) is 6.35. The molecule has 0 radical (unpaired) electrons. The molecule has 7 rings (SSSR count). The zero-order chi connectivity index (χ0) is 26.6. The van der Waals surface area contributed by atoms with Gasteiger partial charge in [-0.05, 0) is 60.0 Å². The van der Waals surface area contributed by atoms with Crippen molar-refractivity contribution in [2.45, 2.75) is 4.90 Å². The zero-order valence-electron chi connectivity index (χ0n) is 20.9. The van der Waals surface area contributed by atoms with Crippen LogP contribution in [0.4, 0.5) is 17.1 Å². The Morgan fingerprint density at radius 2 is 1.41 bits per heavy atom. The van der Waals surface area contributed by atoms with Gasteiger partial charge in [0, 0.05) is 27.6 Å². The largest absolute Gasteiger partial charge is 0.453 e. The number of fused-ring (bicyclic) bond motifs is 3. The van der Waals surface area contributed by atoms with Gasteiger partial charge in [0.1, 0.15) is 0 Å². The number of sulfone groups is 1. The molecule has 0 spiro atoms. The molecule has 0 amide bonds. The fourth-order valence-corrected chi connectivity index (χ4v) is 6.42. The van der Waals surface area contributed by atoms with Crippen LogP contribution in [0.1, 0.15) is 0 Å². The van der Waals surface area contributed by atoms with Crippen molar-refractivity contribution >= 4 is 49.1 Å². The lowest BCUT2D eigenvalue weighted by molar-refractivity contribution is 0.477. The highest BCUT2D eigenvalue weighted by Crippen LogP contribution is 2.52. The normalized spacial score (nSPS) is 12.6. The van der Waals surface area contributed by atoms with E-state index in [4.69, 9.17) is 9.72 Å². The van der Waals surface area contributed by atoms with Crippen LogP contribution in [0.15, 0.2) is 119 Å². The first kappa shape index (κ1) is 23.6. The Balaban J connectivity index is 1.51. The standard InChI is InChI=1S/C32H22N2O3S2/c1-39(35,36)22-17-15-21(16-18-22)25-20-24(31-14-7-19-38-31)23-8-6-11-28(32(23)33-25)34-26-9-2-4-12-29(26)37-30-13-5-3-10-27(30)34/h2-20H,1H3. The lowest BCUT2D eigenvalue weighted by Gasteiger charge is -2.33. The van der Waals surface area contributed by atoms with Gasteiger partial charge in [0.15, 0.2) is 21.3 Å². The maximum Gasteiger partial charge on any atom is 0.175 e. The first-order valence-electron chi connectivity index (χ1n) is 12.4. The van der Waals surface area contributed by atoms with E-state index >= 15 is 0 Å². The van der Waals surface area contributed by atoms with E-state index in [0.717, 1.165) is 61.2 Å². The Hall–Kier alpha value is -4.46. The molecule has 2 aromatic heterocycles. The van der Waals surface area contributed by atoms with E-state index in [1.807, 2.05) is 54.6 Å². The average Bonchev–Trinajstić information content (AvgIpc) is 3.50. The first-order chi connectivity index (χ1) is 19.0. The maximum absolute atomic E-state index is 12.1. The molecule has 39 heavy (non-hydrogen) atoms. The Morgan fingerprint density at radius 1 is 0.744 bits per heavy atom. The van der Waals surface area contributed by atoms with Crippen LogP contribution in [0, 0.1) is 0 Å². The van der Waals surface area contributed by atoms with Gasteiger partial charge in [-0.1, -0.05) is 54.6 Å². The van der Waals surface area contributed by atoms with Crippen molar-refractivity contribution in [2.75, 3.05) is 11.2 Å². The predicted molar refractivity (Wildman–Crippen MR) is 158 cm³/mol. The predicted octanol–water partition coefficient (Wildman–Crippen LogP) is 8.61. The van der Waals surface area contributed by atoms with Crippen LogP contribution in [0.3, 0.4) is 0 Å². The second kappa shape index (κ2) is 9.08. The van der Waals surface area contributed by atoms with E-state index in [1.165, 1.54) is 6.26 Å². The Kier molecular flexibility index (Phi) is 5.50. The number of benzene rings is 4. The number of nitrogens with zero attached hydrogens (tertiary/aromatic N) is 2. The Labute approximate surface area is 230 Å². The molecule has 7 heteroatoms. The summed E-state index contributed by atoms with van der Waals surface area (Å²) in [4.78, 5) is 8.83. The highest BCUT2D eigenvalue weighted by Gasteiger charge is 2.27. The molecule has 4 aromatic carbocycles. The second-order valence-electron chi connectivity index (χ2n) is 9.38. The number of aromatic nitrogens is 1. The van der Waals surface area contributed by atoms with Crippen molar-refractivity contribution in [3.05, 3.63) is 115 Å². The van der Waals surface area contributed by atoms with E-state index < -0.39 is 9.84 Å². The highest BCUT2D eigenvalue weighted by molar-refractivity contribution is 7.90. The minimum atomic E-state index is -3.30. The van der Waals surface area contributed by atoms with Gasteiger partial charge in [-0.2, -0.15) is 0 Å². The molecule has 0 saturated heterocycles. The van der Waals surface area contributed by atoms with Crippen LogP contribution in [0.25, 0.3) is 32.6 Å². The molecule has 0 fully saturated rings. The molecule has 3 heterocycles. The number of anilines is 3. The second-order valence-corrected chi connectivity index (χ2v) is 12.3. The van der Waals surface area contributed by atoms with Crippen LogP contribution < -0.4 is 9.64 Å². The summed E-state index contributed by atoms with van der Waals surface area (Å²) in [5, 5.41) is 3.11. The number of pyridine rings is 1. The molecule has 0 aliphatic carbocycles. The monoisotopic (exact) mass is 546 g/mol. The third-order valence-electron chi connectivity index (χ3n) is 6.86. The van der Waals surface area contributed by atoms with E-state index in [9.17, 15) is 8.42 Å². The molecular formula is C32H22N2O3S2. The molecule has 190 valence electrons. The number of hydrogen-bond donors (Lipinski definition) is 0. The number of para-hydroxylation sites is 5. The van der Waals surface area contributed by atoms with Gasteiger partial charge in [-0.3, -0.25) is 0 Å². The van der Waals surface area contributed by atoms with E-state index in [-0.39, 0.29) is 4.90 Å². The molecule has 6 aromatic rings. The minimum absolute atomic E-state index is 0.285. The van der Waals surface area contributed by atoms with Gasteiger partial charge in [0.05, 0.1) is 33.2 Å². The zero-order valence-corrected chi connectivity index (χ0v) is 22.5. The van der Waals surface area contributed by atoms with Crippen LogP contribution in [-0.4, -0.2) is 19.7 Å². The van der Waals surface area contributed by atoms with Crippen LogP contribution in [0.2, 0.25) is 0 Å². The van der Waals surface area contributed by atoms with Gasteiger partial charge in [-0.25, -0.2) is 13.4 Å². The third-order valence-corrected chi connectivity index (χ3v) is 8.89. The summed E-state index contributed by atoms with van der Waals surface area (Å²) >= 11 is 1.68. The molecule has 5 nitrogen and oxygen atoms in total. The summed E-state index contributed by atoms with van der Waals surface area (Å²) in [7, 11) is -3.30. The van der Waals surface area contributed by atoms with Crippen LogP contribution in [0.5, 0.6) is 11.5 Å². The smallest absolute Gasteiger partial charge is 0.175 e. The van der Waals surface area contributed by atoms with Crippen molar-refractivity contribution in [2.24, 2.45) is 0 Å². The lowest BCUT2D eigenvalue weighted by atomic mass is 10.0. The van der Waals surface area contributed by atoms with Crippen molar-refractivity contribution < 1.29 is 13.2 Å². The van der Waals surface area contributed by atoms with Crippen molar-refractivity contribution in [3.63, 3.8) is 0 Å². The Bertz CT molecular complexity index is 1920. The molecule has 0 unspecified atom stereocenters. The van der Waals surface area contributed by atoms with Gasteiger partial charge < -0.3 is 9.64 Å². The van der Waals surface area contributed by atoms with Gasteiger partial charge in [0.25, 0.3) is 0 Å². The molecule has 1 aliphatic rings. The SMILES string of the molecule is CS(=O)(=O)c1ccc(-c2cc(-c3cccs3)c3cccc(N4c5ccccc5Oc5ccccc54)c3n2)cc1. The van der Waals surface area contributed by atoms with Crippen molar-refractivity contribution in [1.29, 1.82) is 0 Å². The lowest BCUT2D eigenvalue weighted by Crippen LogP contribution is -2.16. The molecule has 1 aliphatic heterocycles. The van der Waals surface area contributed by atoms with E-state index in [2.05, 4.69) is 52.7 Å². The summed E-state index contributed by atoms with van der Waals surface area (Å²) in [6.45, 7) is 0. The fraction of sp³-hybridized carbons (Fsp3) is 0.0312. The summed E-state index contributed by atoms with van der Waals surface area (Å²) < 4.78 is 30.4. The number of ether oxygens (including phenoxy) is 1. The highest BCUT2D eigenvalue weighted by atomic mass is 32.2. The van der Waals surface area contributed by atoms with Gasteiger partial charge >= 0.3 is 0 Å². The van der Waals surface area contributed by atoms with E-state index in [1.54, 1.807) is 23.5 Å². The quantitative estimate of drug-likeness (QED) is 0.221. The Morgan fingerprint density at radius 3 is 2.05 bits per heavy atom. The maximum atomic E-state index is 12.1. The summed E-state index contributed by atoms with van der Waals surface area (Å²) in [6, 6.07) is 35.5. The van der Waals surface area contributed by atoms with Gasteiger partial charge in [-0.15, -0.1) is 11.3 Å². The molecule has 0 N–H and O–H groups in total. The summed E-state index contributed by atoms with van der Waals surface area (Å²) in [5.74, 6) is 1.55. The molecule has 0 bridgehead atoms. The first-order valence-corrected chi connectivity index (χ1v) is 15.2. The third kappa shape index (κ3) is 4.07. The number of thiophene rings is 1. The minimum Gasteiger partial charge on any atom is -0.453 e. The number of hydrogen-bond acceptors (Lipinski definition) is 6. The van der Waals surface area contributed by atoms with Crippen LogP contribution >= 0.6 is 11.3 Å². The van der Waals surface area contributed by atoms with Crippen LogP contribution in [-0.2, 0) is 9.84 Å². The topological polar surface area (TPSA) is 59.5 Å². The van der Waals surface area contributed by atoms with Gasteiger partial charge in [0.2, 0.25) is 0 Å².